The van der Waals surface area contributed by atoms with Gasteiger partial charge in [0.2, 0.25) is 16.3 Å². The molecule has 0 spiro atoms. The number of aliphatic hydroxyl groups excluding tert-OH is 1. The summed E-state index contributed by atoms with van der Waals surface area (Å²) in [4.78, 5) is 13.1. The first kappa shape index (κ1) is 30.0. The first-order valence-corrected chi connectivity index (χ1v) is 15.2. The Bertz CT molecular complexity index is 1400. The molecule has 1 aliphatic heterocycles. The van der Waals surface area contributed by atoms with Crippen LogP contribution in [0.4, 0.5) is 5.69 Å². The lowest BCUT2D eigenvalue weighted by atomic mass is 9.93. The number of halogens is 1. The molecule has 1 amide bonds. The van der Waals surface area contributed by atoms with Crippen LogP contribution in [0.3, 0.4) is 0 Å². The lowest BCUT2D eigenvalue weighted by molar-refractivity contribution is -0.143. The van der Waals surface area contributed by atoms with Crippen LogP contribution in [0, 0.1) is 3.57 Å². The number of methoxy groups -OCH3 is 1. The second-order valence-corrected chi connectivity index (χ2v) is 12.1. The zero-order valence-corrected chi connectivity index (χ0v) is 24.9. The van der Waals surface area contributed by atoms with Gasteiger partial charge in [-0.15, -0.1) is 0 Å². The van der Waals surface area contributed by atoms with E-state index in [-0.39, 0.29) is 42.9 Å². The molecule has 2 N–H and O–H groups in total. The summed E-state index contributed by atoms with van der Waals surface area (Å²) in [6.07, 6.45) is 1.44. The van der Waals surface area contributed by atoms with Crippen LogP contribution in [0.2, 0.25) is 0 Å². The molecule has 1 aliphatic rings. The van der Waals surface area contributed by atoms with Crippen LogP contribution < -0.4 is 10.1 Å². The summed E-state index contributed by atoms with van der Waals surface area (Å²) in [7, 11) is -2.39. The van der Waals surface area contributed by atoms with E-state index in [1.165, 1.54) is 19.2 Å². The summed E-state index contributed by atoms with van der Waals surface area (Å²) in [6, 6.07) is 23.1. The minimum Gasteiger partial charge on any atom is -0.497 e. The molecule has 0 saturated carbocycles. The van der Waals surface area contributed by atoms with Crippen molar-refractivity contribution in [1.29, 1.82) is 0 Å². The Kier molecular flexibility index (Phi) is 10.6. The van der Waals surface area contributed by atoms with Crippen LogP contribution >= 0.6 is 22.6 Å². The number of carbonyl (C=O) groups excluding carboxylic acids is 1. The lowest BCUT2D eigenvalue weighted by Crippen LogP contribution is -2.37. The SMILES string of the molecule is COc1ccc(S(=O)(=O)N(CCO)CCO[C@H]2C[C@@H](c3ccc(I)cc3)C=C(C(=O)Nc3ccccc3)O2)cc1. The zero-order chi connectivity index (χ0) is 28.5. The van der Waals surface area contributed by atoms with Crippen molar-refractivity contribution < 1.29 is 32.5 Å². The molecule has 11 heteroatoms. The van der Waals surface area contributed by atoms with Crippen LogP contribution in [0.1, 0.15) is 17.9 Å². The van der Waals surface area contributed by atoms with Crippen LogP contribution in [-0.2, 0) is 24.3 Å². The van der Waals surface area contributed by atoms with Gasteiger partial charge in [0.25, 0.3) is 5.91 Å². The number of carbonyl (C=O) groups is 1. The van der Waals surface area contributed by atoms with Gasteiger partial charge in [0.1, 0.15) is 5.75 Å². The standard InChI is InChI=1S/C29H31IN2O7S/c1-37-25-11-13-26(14-12-25)40(35,36)32(15-17-33)16-18-38-28-20-22(21-7-9-23(30)10-8-21)19-27(39-28)29(34)31-24-5-3-2-4-6-24/h2-14,19,22,28,33H,15-18,20H2,1H3,(H,31,34)/t22-,28+/m0/s1. The fourth-order valence-corrected chi connectivity index (χ4v) is 6.00. The molecule has 1 heterocycles. The highest BCUT2D eigenvalue weighted by molar-refractivity contribution is 14.1. The van der Waals surface area contributed by atoms with Crippen LogP contribution in [0.25, 0.3) is 0 Å². The highest BCUT2D eigenvalue weighted by Gasteiger charge is 2.30. The fourth-order valence-electron chi connectivity index (χ4n) is 4.22. The third-order valence-corrected chi connectivity index (χ3v) is 8.93. The summed E-state index contributed by atoms with van der Waals surface area (Å²) in [5.74, 6) is 0.109. The summed E-state index contributed by atoms with van der Waals surface area (Å²) >= 11 is 2.24. The first-order chi connectivity index (χ1) is 19.3. The Morgan fingerprint density at radius 2 is 1.75 bits per heavy atom. The predicted molar refractivity (Wildman–Crippen MR) is 159 cm³/mol. The normalized spacial score (nSPS) is 17.1. The molecule has 0 aromatic heterocycles. The Balaban J connectivity index is 1.46. The molecule has 9 nitrogen and oxygen atoms in total. The molecule has 0 aliphatic carbocycles. The van der Waals surface area contributed by atoms with Gasteiger partial charge in [-0.2, -0.15) is 4.31 Å². The van der Waals surface area contributed by atoms with E-state index in [1.807, 2.05) is 42.5 Å². The number of anilines is 1. The van der Waals surface area contributed by atoms with E-state index in [1.54, 1.807) is 30.3 Å². The van der Waals surface area contributed by atoms with Gasteiger partial charge in [-0.3, -0.25) is 4.79 Å². The average Bonchev–Trinajstić information content (AvgIpc) is 2.97. The Hall–Kier alpha value is -2.97. The minimum atomic E-state index is -3.89. The topological polar surface area (TPSA) is 114 Å². The first-order valence-electron chi connectivity index (χ1n) is 12.7. The third-order valence-electron chi connectivity index (χ3n) is 6.30. The minimum absolute atomic E-state index is 0.00690. The average molecular weight is 679 g/mol. The Morgan fingerprint density at radius 1 is 1.05 bits per heavy atom. The van der Waals surface area contributed by atoms with Gasteiger partial charge in [0.15, 0.2) is 5.76 Å². The highest BCUT2D eigenvalue weighted by atomic mass is 127. The van der Waals surface area contributed by atoms with Gasteiger partial charge in [-0.1, -0.05) is 30.3 Å². The quantitative estimate of drug-likeness (QED) is 0.274. The number of ether oxygens (including phenoxy) is 3. The van der Waals surface area contributed by atoms with Gasteiger partial charge in [-0.25, -0.2) is 8.42 Å². The maximum absolute atomic E-state index is 13.2. The number of para-hydroxylation sites is 1. The van der Waals surface area contributed by atoms with Crippen molar-refractivity contribution in [2.75, 3.05) is 38.7 Å². The second-order valence-electron chi connectivity index (χ2n) is 8.97. The van der Waals surface area contributed by atoms with E-state index >= 15 is 0 Å². The number of amides is 1. The van der Waals surface area contributed by atoms with Gasteiger partial charge in [0.05, 0.1) is 25.2 Å². The number of rotatable bonds is 12. The Labute approximate surface area is 247 Å². The molecule has 0 unspecified atom stereocenters. The predicted octanol–water partition coefficient (Wildman–Crippen LogP) is 4.35. The maximum atomic E-state index is 13.2. The second kappa shape index (κ2) is 14.1. The van der Waals surface area contributed by atoms with Crippen molar-refractivity contribution >= 4 is 44.2 Å². The molecule has 40 heavy (non-hydrogen) atoms. The number of benzene rings is 3. The van der Waals surface area contributed by atoms with E-state index in [4.69, 9.17) is 14.2 Å². The maximum Gasteiger partial charge on any atom is 0.290 e. The summed E-state index contributed by atoms with van der Waals surface area (Å²) in [5, 5.41) is 12.4. The van der Waals surface area contributed by atoms with E-state index < -0.39 is 22.2 Å². The molecule has 3 aromatic rings. The summed E-state index contributed by atoms with van der Waals surface area (Å²) in [5.41, 5.74) is 1.64. The van der Waals surface area contributed by atoms with Crippen LogP contribution in [0.15, 0.2) is 95.6 Å². The third kappa shape index (κ3) is 7.82. The van der Waals surface area contributed by atoms with Crippen molar-refractivity contribution in [3.8, 4) is 5.75 Å². The number of hydrogen-bond donors (Lipinski definition) is 2. The molecule has 4 rings (SSSR count). The number of aliphatic hydroxyl groups is 1. The van der Waals surface area contributed by atoms with Crippen molar-refractivity contribution in [1.82, 2.24) is 4.31 Å². The van der Waals surface area contributed by atoms with Crippen LogP contribution in [-0.4, -0.2) is 63.4 Å². The smallest absolute Gasteiger partial charge is 0.290 e. The van der Waals surface area contributed by atoms with Crippen molar-refractivity contribution in [3.63, 3.8) is 0 Å². The van der Waals surface area contributed by atoms with Gasteiger partial charge in [-0.05, 0) is 82.8 Å². The number of sulfonamides is 1. The molecule has 212 valence electrons. The fraction of sp³-hybridized carbons (Fsp3) is 0.276. The highest BCUT2D eigenvalue weighted by Crippen LogP contribution is 2.32. The Morgan fingerprint density at radius 3 is 2.40 bits per heavy atom. The van der Waals surface area contributed by atoms with Crippen molar-refractivity contribution in [2.45, 2.75) is 23.5 Å². The molecule has 0 radical (unpaired) electrons. The molecule has 0 fully saturated rings. The lowest BCUT2D eigenvalue weighted by Gasteiger charge is -2.30. The van der Waals surface area contributed by atoms with E-state index in [0.29, 0.717) is 17.9 Å². The summed E-state index contributed by atoms with van der Waals surface area (Å²) < 4.78 is 45.7. The van der Waals surface area contributed by atoms with Gasteiger partial charge < -0.3 is 24.6 Å². The molecular formula is C29H31IN2O7S. The molecule has 0 saturated heterocycles. The molecule has 0 bridgehead atoms. The number of hydrogen-bond acceptors (Lipinski definition) is 7. The molecular weight excluding hydrogens is 647 g/mol. The zero-order valence-electron chi connectivity index (χ0n) is 21.9. The van der Waals surface area contributed by atoms with Crippen LogP contribution in [0.5, 0.6) is 5.75 Å². The molecule has 2 atom stereocenters. The van der Waals surface area contributed by atoms with E-state index in [9.17, 15) is 18.3 Å². The van der Waals surface area contributed by atoms with E-state index in [2.05, 4.69) is 27.9 Å². The monoisotopic (exact) mass is 678 g/mol. The van der Waals surface area contributed by atoms with Crippen molar-refractivity contribution in [2.24, 2.45) is 0 Å². The number of nitrogens with one attached hydrogen (secondary N) is 1. The van der Waals surface area contributed by atoms with Gasteiger partial charge in [0, 0.05) is 34.7 Å². The number of nitrogens with zero attached hydrogens (tertiary/aromatic N) is 1. The van der Waals surface area contributed by atoms with Crippen molar-refractivity contribution in [3.05, 3.63) is 99.8 Å². The summed E-state index contributed by atoms with van der Waals surface area (Å²) in [6.45, 7) is -0.471. The van der Waals surface area contributed by atoms with E-state index in [0.717, 1.165) is 13.4 Å². The van der Waals surface area contributed by atoms with Gasteiger partial charge >= 0.3 is 0 Å². The number of allylic oxidation sites excluding steroid dienone is 1. The molecule has 3 aromatic carbocycles. The largest absolute Gasteiger partial charge is 0.497 e.